The Morgan fingerprint density at radius 3 is 2.52 bits per heavy atom. The van der Waals surface area contributed by atoms with Crippen LogP contribution >= 0.6 is 0 Å². The quantitative estimate of drug-likeness (QED) is 0.807. The maximum atomic E-state index is 5.16. The van der Waals surface area contributed by atoms with E-state index in [2.05, 4.69) is 59.9 Å². The van der Waals surface area contributed by atoms with Crippen LogP contribution in [0, 0.1) is 0 Å². The van der Waals surface area contributed by atoms with Gasteiger partial charge in [0.15, 0.2) is 0 Å². The van der Waals surface area contributed by atoms with Crippen LogP contribution in [0.15, 0.2) is 12.7 Å². The number of hydrogen-bond donors (Lipinski definition) is 1. The molecule has 1 fully saturated rings. The van der Waals surface area contributed by atoms with Crippen LogP contribution in [0.1, 0.15) is 52.3 Å². The molecule has 2 rings (SSSR count). The van der Waals surface area contributed by atoms with Crippen molar-refractivity contribution in [3.05, 3.63) is 18.5 Å². The van der Waals surface area contributed by atoms with Crippen molar-refractivity contribution in [2.45, 2.75) is 63.6 Å². The van der Waals surface area contributed by atoms with Crippen LogP contribution in [-0.2, 0) is 4.74 Å². The summed E-state index contributed by atoms with van der Waals surface area (Å²) < 4.78 is 5.16. The van der Waals surface area contributed by atoms with Gasteiger partial charge in [-0.15, -0.1) is 0 Å². The van der Waals surface area contributed by atoms with Crippen molar-refractivity contribution in [1.29, 1.82) is 0 Å². The fourth-order valence-electron chi connectivity index (χ4n) is 3.87. The van der Waals surface area contributed by atoms with E-state index in [0.717, 1.165) is 31.8 Å². The predicted octanol–water partition coefficient (Wildman–Crippen LogP) is 1.84. The van der Waals surface area contributed by atoms with Gasteiger partial charge in [0.2, 0.25) is 0 Å². The lowest BCUT2D eigenvalue weighted by atomic mass is 9.69. The van der Waals surface area contributed by atoms with Crippen molar-refractivity contribution in [2.24, 2.45) is 0 Å². The molecule has 1 aromatic rings. The van der Waals surface area contributed by atoms with E-state index in [1.807, 2.05) is 0 Å². The molecule has 1 saturated heterocycles. The highest BCUT2D eigenvalue weighted by atomic mass is 16.5. The number of nitrogens with zero attached hydrogens (tertiary/aromatic N) is 4. The summed E-state index contributed by atoms with van der Waals surface area (Å²) in [6.45, 7) is 10.9. The van der Waals surface area contributed by atoms with E-state index in [0.29, 0.717) is 6.04 Å². The Kier molecular flexibility index (Phi) is 5.70. The summed E-state index contributed by atoms with van der Waals surface area (Å²) in [6.07, 6.45) is 5.25. The van der Waals surface area contributed by atoms with Crippen LogP contribution in [0.25, 0.3) is 0 Å². The Hall–Kier alpha value is -1.11. The number of piperidine rings is 1. The fraction of sp³-hybridized carbons (Fsp3) is 0.824. The number of hydrogen-bond acceptors (Lipinski definition) is 6. The molecule has 2 atom stereocenters. The smallest absolute Gasteiger partial charge is 0.138 e. The van der Waals surface area contributed by atoms with E-state index in [4.69, 9.17) is 4.74 Å². The molecule has 130 valence electrons. The predicted molar refractivity (Wildman–Crippen MR) is 91.4 cm³/mol. The zero-order valence-electron chi connectivity index (χ0n) is 15.3. The largest absolute Gasteiger partial charge is 0.385 e. The van der Waals surface area contributed by atoms with Gasteiger partial charge < -0.3 is 10.1 Å². The molecule has 0 spiro atoms. The number of rotatable bonds is 6. The highest BCUT2D eigenvalue weighted by molar-refractivity contribution is 5.17. The monoisotopic (exact) mass is 321 g/mol. The van der Waals surface area contributed by atoms with Crippen molar-refractivity contribution in [3.63, 3.8) is 0 Å². The van der Waals surface area contributed by atoms with Gasteiger partial charge in [0.25, 0.3) is 0 Å². The van der Waals surface area contributed by atoms with Crippen molar-refractivity contribution in [3.8, 4) is 0 Å². The minimum atomic E-state index is -0.0535. The Morgan fingerprint density at radius 2 is 1.91 bits per heavy atom. The molecule has 0 bridgehead atoms. The number of ether oxygens (including phenoxy) is 1. The molecule has 6 heteroatoms. The lowest BCUT2D eigenvalue weighted by molar-refractivity contribution is -0.0383. The molecule has 0 amide bonds. The minimum absolute atomic E-state index is 0.0535. The van der Waals surface area contributed by atoms with Gasteiger partial charge in [-0.2, -0.15) is 0 Å². The summed E-state index contributed by atoms with van der Waals surface area (Å²) in [5, 5.41) is 3.73. The first-order valence-corrected chi connectivity index (χ1v) is 8.39. The number of likely N-dealkylation sites (tertiary alicyclic amines) is 1. The van der Waals surface area contributed by atoms with Crippen molar-refractivity contribution in [2.75, 3.05) is 27.3 Å². The molecule has 2 heterocycles. The second-order valence-electron chi connectivity index (χ2n) is 7.61. The highest BCUT2D eigenvalue weighted by Crippen LogP contribution is 2.45. The summed E-state index contributed by atoms with van der Waals surface area (Å²) >= 11 is 0. The van der Waals surface area contributed by atoms with Crippen LogP contribution in [-0.4, -0.2) is 64.3 Å². The molecule has 0 radical (unpaired) electrons. The molecule has 0 aliphatic carbocycles. The Bertz CT molecular complexity index is 491. The molecular formula is C17H31N5O. The van der Waals surface area contributed by atoms with Gasteiger partial charge in [-0.25, -0.2) is 15.0 Å². The minimum Gasteiger partial charge on any atom is -0.385 e. The van der Waals surface area contributed by atoms with E-state index in [9.17, 15) is 0 Å². The van der Waals surface area contributed by atoms with Crippen molar-refractivity contribution in [1.82, 2.24) is 25.2 Å². The normalized spacial score (nSPS) is 27.0. The van der Waals surface area contributed by atoms with Crippen LogP contribution < -0.4 is 5.32 Å². The third kappa shape index (κ3) is 3.87. The van der Waals surface area contributed by atoms with Crippen molar-refractivity contribution >= 4 is 0 Å². The lowest BCUT2D eigenvalue weighted by Gasteiger charge is -2.57. The van der Waals surface area contributed by atoms with E-state index in [1.165, 1.54) is 0 Å². The molecule has 1 N–H and O–H groups in total. The average molecular weight is 321 g/mol. The summed E-state index contributed by atoms with van der Waals surface area (Å²) in [6, 6.07) is 0.329. The SMILES string of the molecule is COCCCNC1CC(C)(C)N(C)C(C)(C)C1c1ncncn1. The molecular weight excluding hydrogens is 290 g/mol. The first kappa shape index (κ1) is 18.2. The van der Waals surface area contributed by atoms with Crippen LogP contribution in [0.3, 0.4) is 0 Å². The Balaban J connectivity index is 2.27. The number of likely N-dealkylation sites (N-methyl/N-ethyl adjacent to an activating group) is 1. The molecule has 1 aliphatic heterocycles. The summed E-state index contributed by atoms with van der Waals surface area (Å²) in [7, 11) is 3.95. The van der Waals surface area contributed by atoms with E-state index >= 15 is 0 Å². The Morgan fingerprint density at radius 1 is 1.26 bits per heavy atom. The molecule has 0 aromatic carbocycles. The lowest BCUT2D eigenvalue weighted by Crippen LogP contribution is -2.66. The molecule has 1 aromatic heterocycles. The van der Waals surface area contributed by atoms with Gasteiger partial charge in [0.05, 0.1) is 5.92 Å². The molecule has 1 aliphatic rings. The van der Waals surface area contributed by atoms with Crippen LogP contribution in [0.4, 0.5) is 0 Å². The average Bonchev–Trinajstić information content (AvgIpc) is 2.50. The standard InChI is InChI=1S/C17H31N5O/c1-16(2)10-13(19-8-7-9-23-6)14(17(3,4)22(16)5)15-20-11-18-12-21-15/h11-14,19H,7-10H2,1-6H3. The number of aromatic nitrogens is 3. The van der Waals surface area contributed by atoms with E-state index < -0.39 is 0 Å². The summed E-state index contributed by atoms with van der Waals surface area (Å²) in [4.78, 5) is 15.4. The first-order valence-electron chi connectivity index (χ1n) is 8.39. The van der Waals surface area contributed by atoms with E-state index in [1.54, 1.807) is 19.8 Å². The zero-order chi connectivity index (χ0) is 17.1. The maximum absolute atomic E-state index is 5.16. The second-order valence-corrected chi connectivity index (χ2v) is 7.61. The number of methoxy groups -OCH3 is 1. The van der Waals surface area contributed by atoms with Gasteiger partial charge >= 0.3 is 0 Å². The molecule has 23 heavy (non-hydrogen) atoms. The first-order chi connectivity index (χ1) is 10.8. The van der Waals surface area contributed by atoms with Gasteiger partial charge in [-0.3, -0.25) is 4.90 Å². The maximum Gasteiger partial charge on any atom is 0.138 e. The Labute approximate surface area is 140 Å². The van der Waals surface area contributed by atoms with Crippen LogP contribution in [0.2, 0.25) is 0 Å². The summed E-state index contributed by atoms with van der Waals surface area (Å²) in [5.41, 5.74) is 0.0635. The second kappa shape index (κ2) is 7.20. The highest BCUT2D eigenvalue weighted by Gasteiger charge is 2.51. The molecule has 0 saturated carbocycles. The fourth-order valence-corrected chi connectivity index (χ4v) is 3.87. The molecule has 2 unspecified atom stereocenters. The third-order valence-electron chi connectivity index (χ3n) is 5.38. The van der Waals surface area contributed by atoms with Gasteiger partial charge in [-0.1, -0.05) is 0 Å². The summed E-state index contributed by atoms with van der Waals surface area (Å²) in [5.74, 6) is 1.09. The van der Waals surface area contributed by atoms with Gasteiger partial charge in [0, 0.05) is 30.8 Å². The van der Waals surface area contributed by atoms with E-state index in [-0.39, 0.29) is 17.0 Å². The number of nitrogens with one attached hydrogen (secondary N) is 1. The van der Waals surface area contributed by atoms with Gasteiger partial charge in [0.1, 0.15) is 18.5 Å². The van der Waals surface area contributed by atoms with Crippen molar-refractivity contribution < 1.29 is 4.74 Å². The van der Waals surface area contributed by atoms with Crippen LogP contribution in [0.5, 0.6) is 0 Å². The van der Waals surface area contributed by atoms with Gasteiger partial charge in [-0.05, 0) is 54.1 Å². The topological polar surface area (TPSA) is 63.2 Å². The molecule has 6 nitrogen and oxygen atoms in total. The third-order valence-corrected chi connectivity index (χ3v) is 5.38. The zero-order valence-corrected chi connectivity index (χ0v) is 15.3.